The summed E-state index contributed by atoms with van der Waals surface area (Å²) in [6.07, 6.45) is 0. The summed E-state index contributed by atoms with van der Waals surface area (Å²) in [7, 11) is 0. The van der Waals surface area contributed by atoms with Crippen molar-refractivity contribution in [1.82, 2.24) is 16.2 Å². The molecule has 3 aromatic carbocycles. The second-order valence-corrected chi connectivity index (χ2v) is 8.41. The fraction of sp³-hybridized carbons (Fsp3) is 0.222. The van der Waals surface area contributed by atoms with Crippen molar-refractivity contribution in [3.8, 4) is 17.2 Å². The van der Waals surface area contributed by atoms with Gasteiger partial charge in [-0.1, -0.05) is 50.2 Å². The van der Waals surface area contributed by atoms with Crippen LogP contribution in [0.2, 0.25) is 0 Å². The molecule has 3 rings (SSSR count). The van der Waals surface area contributed by atoms with E-state index in [1.807, 2.05) is 54.6 Å². The zero-order valence-electron chi connectivity index (χ0n) is 20.2. The average molecular weight is 508 g/mol. The lowest BCUT2D eigenvalue weighted by Gasteiger charge is -2.12. The smallest absolute Gasteiger partial charge is 0.276 e. The first-order valence-corrected chi connectivity index (χ1v) is 11.8. The molecule has 0 atom stereocenters. The van der Waals surface area contributed by atoms with Crippen LogP contribution in [0.3, 0.4) is 0 Å². The van der Waals surface area contributed by atoms with E-state index in [1.54, 1.807) is 24.3 Å². The molecule has 0 saturated heterocycles. The van der Waals surface area contributed by atoms with E-state index in [2.05, 4.69) is 30.0 Å². The van der Waals surface area contributed by atoms with Crippen LogP contribution in [0.5, 0.6) is 17.2 Å². The molecule has 0 aliphatic rings. The van der Waals surface area contributed by atoms with Gasteiger partial charge in [-0.15, -0.1) is 0 Å². The third-order valence-corrected chi connectivity index (χ3v) is 5.12. The number of hydrazine groups is 1. The van der Waals surface area contributed by atoms with Crippen LogP contribution in [0.25, 0.3) is 0 Å². The summed E-state index contributed by atoms with van der Waals surface area (Å²) in [4.78, 5) is 24.5. The highest BCUT2D eigenvalue weighted by atomic mass is 32.1. The zero-order valence-corrected chi connectivity index (χ0v) is 21.0. The number of hydrogen-bond donors (Lipinski definition) is 3. The van der Waals surface area contributed by atoms with Crippen molar-refractivity contribution in [2.45, 2.75) is 19.8 Å². The molecule has 0 aliphatic carbocycles. The summed E-state index contributed by atoms with van der Waals surface area (Å²) in [6.45, 7) is 4.67. The monoisotopic (exact) mass is 507 g/mol. The maximum Gasteiger partial charge on any atom is 0.276 e. The van der Waals surface area contributed by atoms with Crippen LogP contribution in [-0.4, -0.2) is 36.7 Å². The second kappa shape index (κ2) is 13.7. The topological polar surface area (TPSA) is 97.9 Å². The van der Waals surface area contributed by atoms with Crippen molar-refractivity contribution in [1.29, 1.82) is 0 Å². The molecule has 9 heteroatoms. The Kier molecular flexibility index (Phi) is 10.1. The lowest BCUT2D eigenvalue weighted by atomic mass is 10.0. The first-order valence-electron chi connectivity index (χ1n) is 11.4. The third kappa shape index (κ3) is 8.92. The first kappa shape index (κ1) is 26.5. The molecule has 8 nitrogen and oxygen atoms in total. The van der Waals surface area contributed by atoms with Crippen molar-refractivity contribution in [3.63, 3.8) is 0 Å². The van der Waals surface area contributed by atoms with Gasteiger partial charge >= 0.3 is 0 Å². The van der Waals surface area contributed by atoms with Gasteiger partial charge in [-0.2, -0.15) is 0 Å². The number of carbonyl (C=O) groups excluding carboxylic acids is 2. The molecular weight excluding hydrogens is 478 g/mol. The molecule has 36 heavy (non-hydrogen) atoms. The Labute approximate surface area is 215 Å². The molecule has 0 heterocycles. The summed E-state index contributed by atoms with van der Waals surface area (Å²) >= 11 is 5.08. The Bertz CT molecular complexity index is 1150. The van der Waals surface area contributed by atoms with Crippen molar-refractivity contribution in [2.24, 2.45) is 0 Å². The quantitative estimate of drug-likeness (QED) is 0.217. The number of hydrogen-bond acceptors (Lipinski definition) is 6. The minimum absolute atomic E-state index is 0.0581. The van der Waals surface area contributed by atoms with E-state index in [4.69, 9.17) is 26.4 Å². The summed E-state index contributed by atoms with van der Waals surface area (Å²) in [5.74, 6) is 1.37. The summed E-state index contributed by atoms with van der Waals surface area (Å²) < 4.78 is 16.7. The third-order valence-electron chi connectivity index (χ3n) is 4.92. The number of nitrogens with one attached hydrogen (secondary N) is 3. The Morgan fingerprint density at radius 2 is 1.42 bits per heavy atom. The Morgan fingerprint density at radius 3 is 2.11 bits per heavy atom. The predicted octanol–water partition coefficient (Wildman–Crippen LogP) is 3.98. The van der Waals surface area contributed by atoms with Gasteiger partial charge in [0.25, 0.3) is 11.8 Å². The molecule has 0 saturated carbocycles. The maximum absolute atomic E-state index is 12.5. The van der Waals surface area contributed by atoms with E-state index < -0.39 is 11.8 Å². The largest absolute Gasteiger partial charge is 0.490 e. The van der Waals surface area contributed by atoms with E-state index in [0.717, 1.165) is 5.75 Å². The number of para-hydroxylation sites is 1. The van der Waals surface area contributed by atoms with E-state index in [9.17, 15) is 9.59 Å². The fourth-order valence-electron chi connectivity index (χ4n) is 3.03. The SMILES string of the molecule is CC(C)c1ccc(OCC(=O)NNC(=S)NC(=O)c2cccc(OCCOc3ccccc3)c2)cc1. The number of amides is 2. The average Bonchev–Trinajstić information content (AvgIpc) is 2.89. The molecule has 3 aromatic rings. The van der Waals surface area contributed by atoms with Gasteiger partial charge in [0.1, 0.15) is 30.5 Å². The molecular formula is C27H29N3O5S. The van der Waals surface area contributed by atoms with Gasteiger partial charge in [-0.3, -0.25) is 25.8 Å². The molecule has 0 spiro atoms. The van der Waals surface area contributed by atoms with Crippen LogP contribution in [0.4, 0.5) is 0 Å². The van der Waals surface area contributed by atoms with Gasteiger partial charge < -0.3 is 14.2 Å². The summed E-state index contributed by atoms with van der Waals surface area (Å²) in [6, 6.07) is 23.6. The lowest BCUT2D eigenvalue weighted by Crippen LogP contribution is -2.49. The molecule has 2 amide bonds. The molecule has 0 bridgehead atoms. The van der Waals surface area contributed by atoms with Crippen LogP contribution >= 0.6 is 12.2 Å². The highest BCUT2D eigenvalue weighted by Gasteiger charge is 2.10. The van der Waals surface area contributed by atoms with Crippen LogP contribution < -0.4 is 30.4 Å². The fourth-order valence-corrected chi connectivity index (χ4v) is 3.17. The highest BCUT2D eigenvalue weighted by molar-refractivity contribution is 7.80. The van der Waals surface area contributed by atoms with E-state index in [0.29, 0.717) is 36.2 Å². The maximum atomic E-state index is 12.5. The molecule has 0 aliphatic heterocycles. The number of rotatable bonds is 10. The minimum atomic E-state index is -0.451. The number of benzene rings is 3. The van der Waals surface area contributed by atoms with E-state index in [-0.39, 0.29) is 11.7 Å². The standard InChI is InChI=1S/C27H29N3O5S/c1-19(2)20-11-13-23(14-12-20)35-18-25(31)29-30-27(36)28-26(32)21-7-6-10-24(17-21)34-16-15-33-22-8-4-3-5-9-22/h3-14,17,19H,15-16,18H2,1-2H3,(H,29,31)(H2,28,30,32,36). The summed E-state index contributed by atoms with van der Waals surface area (Å²) in [5, 5.41) is 2.45. The Hall–Kier alpha value is -4.11. The van der Waals surface area contributed by atoms with E-state index in [1.165, 1.54) is 5.56 Å². The van der Waals surface area contributed by atoms with Crippen molar-refractivity contribution in [2.75, 3.05) is 19.8 Å². The number of ether oxygens (including phenoxy) is 3. The number of carbonyl (C=O) groups is 2. The molecule has 0 unspecified atom stereocenters. The molecule has 0 aromatic heterocycles. The molecule has 3 N–H and O–H groups in total. The predicted molar refractivity (Wildman–Crippen MR) is 141 cm³/mol. The minimum Gasteiger partial charge on any atom is -0.490 e. The van der Waals surface area contributed by atoms with Gasteiger partial charge in [0, 0.05) is 5.56 Å². The van der Waals surface area contributed by atoms with Gasteiger partial charge in [0.2, 0.25) is 0 Å². The Morgan fingerprint density at radius 1 is 0.778 bits per heavy atom. The van der Waals surface area contributed by atoms with Crippen LogP contribution in [-0.2, 0) is 4.79 Å². The van der Waals surface area contributed by atoms with Crippen LogP contribution in [0, 0.1) is 0 Å². The second-order valence-electron chi connectivity index (χ2n) is 8.01. The first-order chi connectivity index (χ1) is 17.4. The molecule has 0 radical (unpaired) electrons. The van der Waals surface area contributed by atoms with Gasteiger partial charge in [-0.25, -0.2) is 0 Å². The molecule has 0 fully saturated rings. The van der Waals surface area contributed by atoms with Crippen LogP contribution in [0.1, 0.15) is 35.7 Å². The summed E-state index contributed by atoms with van der Waals surface area (Å²) in [5.41, 5.74) is 6.41. The number of thiocarbonyl (C=S) groups is 1. The van der Waals surface area contributed by atoms with E-state index >= 15 is 0 Å². The highest BCUT2D eigenvalue weighted by Crippen LogP contribution is 2.18. The van der Waals surface area contributed by atoms with Crippen molar-refractivity contribution < 1.29 is 23.8 Å². The zero-order chi connectivity index (χ0) is 25.8. The van der Waals surface area contributed by atoms with Crippen LogP contribution in [0.15, 0.2) is 78.9 Å². The van der Waals surface area contributed by atoms with Gasteiger partial charge in [-0.05, 0) is 66.2 Å². The Balaban J connectivity index is 1.36. The van der Waals surface area contributed by atoms with Gasteiger partial charge in [0.05, 0.1) is 0 Å². The van der Waals surface area contributed by atoms with Crippen molar-refractivity contribution in [3.05, 3.63) is 90.0 Å². The normalized spacial score (nSPS) is 10.3. The van der Waals surface area contributed by atoms with Crippen molar-refractivity contribution >= 4 is 29.1 Å². The lowest BCUT2D eigenvalue weighted by molar-refractivity contribution is -0.123. The molecule has 188 valence electrons. The van der Waals surface area contributed by atoms with Gasteiger partial charge in [0.15, 0.2) is 11.7 Å².